The van der Waals surface area contributed by atoms with Crippen LogP contribution in [0, 0.1) is 11.8 Å². The van der Waals surface area contributed by atoms with Gasteiger partial charge in [-0.15, -0.1) is 0 Å². The van der Waals surface area contributed by atoms with Crippen molar-refractivity contribution in [1.29, 1.82) is 0 Å². The summed E-state index contributed by atoms with van der Waals surface area (Å²) in [5.41, 5.74) is 3.82. The van der Waals surface area contributed by atoms with Crippen LogP contribution in [0.5, 0.6) is 5.75 Å². The van der Waals surface area contributed by atoms with Gasteiger partial charge in [-0.25, -0.2) is 9.18 Å². The van der Waals surface area contributed by atoms with Crippen molar-refractivity contribution in [3.63, 3.8) is 0 Å². The van der Waals surface area contributed by atoms with Gasteiger partial charge in [-0.2, -0.15) is 0 Å². The Bertz CT molecular complexity index is 1430. The van der Waals surface area contributed by atoms with E-state index in [-0.39, 0.29) is 29.5 Å². The van der Waals surface area contributed by atoms with Crippen LogP contribution in [-0.4, -0.2) is 32.6 Å². The van der Waals surface area contributed by atoms with Crippen molar-refractivity contribution in [2.24, 2.45) is 11.8 Å². The van der Waals surface area contributed by atoms with Crippen molar-refractivity contribution in [3.8, 4) is 16.9 Å². The van der Waals surface area contributed by atoms with E-state index in [1.54, 1.807) is 25.3 Å². The van der Waals surface area contributed by atoms with Crippen LogP contribution in [0.15, 0.2) is 58.8 Å². The zero-order chi connectivity index (χ0) is 25.6. The fourth-order valence-electron chi connectivity index (χ4n) is 5.20. The molecule has 0 saturated heterocycles. The number of rotatable bonds is 7. The Morgan fingerprint density at radius 1 is 1.14 bits per heavy atom. The molecule has 36 heavy (non-hydrogen) atoms. The van der Waals surface area contributed by atoms with E-state index in [1.165, 1.54) is 13.2 Å². The Morgan fingerprint density at radius 3 is 2.61 bits per heavy atom. The molecule has 7 heteroatoms. The van der Waals surface area contributed by atoms with Crippen LogP contribution >= 0.6 is 0 Å². The van der Waals surface area contributed by atoms with E-state index in [1.807, 2.05) is 38.1 Å². The monoisotopic (exact) mass is 489 g/mol. The highest BCUT2D eigenvalue weighted by atomic mass is 19.1. The Balaban J connectivity index is 1.70. The number of benzene rings is 2. The number of halogens is 1. The summed E-state index contributed by atoms with van der Waals surface area (Å²) in [5, 5.41) is 3.36. The highest BCUT2D eigenvalue weighted by Gasteiger charge is 2.53. The molecule has 0 radical (unpaired) electrons. The Labute approximate surface area is 208 Å². The van der Waals surface area contributed by atoms with Gasteiger partial charge in [0.2, 0.25) is 0 Å². The number of allylic oxidation sites excluding steroid dienone is 4. The smallest absolute Gasteiger partial charge is 0.338 e. The van der Waals surface area contributed by atoms with Gasteiger partial charge < -0.3 is 19.2 Å². The molecule has 0 spiro atoms. The maximum Gasteiger partial charge on any atom is 0.338 e. The summed E-state index contributed by atoms with van der Waals surface area (Å²) in [6, 6.07) is 9.29. The van der Waals surface area contributed by atoms with Crippen LogP contribution in [0.3, 0.4) is 0 Å². The van der Waals surface area contributed by atoms with Gasteiger partial charge in [-0.3, -0.25) is 4.79 Å². The summed E-state index contributed by atoms with van der Waals surface area (Å²) >= 11 is 0. The van der Waals surface area contributed by atoms with Gasteiger partial charge in [0.15, 0.2) is 0 Å². The molecule has 0 aliphatic heterocycles. The number of ether oxygens (including phenoxy) is 2. The summed E-state index contributed by atoms with van der Waals surface area (Å²) in [7, 11) is 2.94. The fraction of sp³-hybridized carbons (Fsp3) is 0.310. The van der Waals surface area contributed by atoms with Crippen LogP contribution in [0.1, 0.15) is 51.8 Å². The van der Waals surface area contributed by atoms with E-state index in [2.05, 4.69) is 5.32 Å². The standard InChI is InChI=1S/C29H28FNO5/c1-5-15-7-8-16(11-20(15)29(33)34-4)19-13-22-24(14-23(19)35-6-2)36-27(26(22)28(32)31-3)25-18-10-9-17(30)12-21(18)25/h7-14,18,21,25H,5-6H2,1-4H3,(H,31,32). The Hall–Kier alpha value is -3.87. The van der Waals surface area contributed by atoms with E-state index >= 15 is 0 Å². The SMILES string of the molecule is CCOc1cc2oc(C3C4C=CC(F)=CC43)c(C(=O)NC)c2cc1-c1ccc(CC)c(C(=O)OC)c1. The second kappa shape index (κ2) is 9.30. The number of fused-ring (bicyclic) bond motifs is 2. The Morgan fingerprint density at radius 2 is 1.94 bits per heavy atom. The minimum Gasteiger partial charge on any atom is -0.493 e. The van der Waals surface area contributed by atoms with Crippen molar-refractivity contribution in [2.45, 2.75) is 26.2 Å². The summed E-state index contributed by atoms with van der Waals surface area (Å²) in [5.74, 6) is 0.134. The van der Waals surface area contributed by atoms with Gasteiger partial charge in [0.1, 0.15) is 22.9 Å². The second-order valence-corrected chi connectivity index (χ2v) is 9.01. The fourth-order valence-corrected chi connectivity index (χ4v) is 5.20. The molecule has 1 amide bonds. The highest BCUT2D eigenvalue weighted by Crippen LogP contribution is 2.59. The van der Waals surface area contributed by atoms with E-state index in [0.29, 0.717) is 46.6 Å². The number of carbonyl (C=O) groups is 2. The zero-order valence-corrected chi connectivity index (χ0v) is 20.7. The largest absolute Gasteiger partial charge is 0.493 e. The third-order valence-corrected chi connectivity index (χ3v) is 7.04. The molecule has 2 aliphatic carbocycles. The number of amides is 1. The van der Waals surface area contributed by atoms with Crippen molar-refractivity contribution in [1.82, 2.24) is 5.32 Å². The summed E-state index contributed by atoms with van der Waals surface area (Å²) in [4.78, 5) is 25.5. The molecule has 3 atom stereocenters. The molecule has 3 unspecified atom stereocenters. The number of hydrogen-bond donors (Lipinski definition) is 1. The molecular weight excluding hydrogens is 461 g/mol. The number of hydrogen-bond acceptors (Lipinski definition) is 5. The first-order valence-electron chi connectivity index (χ1n) is 12.1. The van der Waals surface area contributed by atoms with Crippen LogP contribution in [0.25, 0.3) is 22.1 Å². The van der Waals surface area contributed by atoms with Crippen molar-refractivity contribution < 1.29 is 27.9 Å². The number of esters is 1. The van der Waals surface area contributed by atoms with Crippen molar-refractivity contribution in [2.75, 3.05) is 20.8 Å². The number of methoxy groups -OCH3 is 1. The molecule has 1 N–H and O–H groups in total. The summed E-state index contributed by atoms with van der Waals surface area (Å²) in [6.07, 6.45) is 5.58. The van der Waals surface area contributed by atoms with Crippen LogP contribution in [0.2, 0.25) is 0 Å². The highest BCUT2D eigenvalue weighted by molar-refractivity contribution is 6.09. The number of carbonyl (C=O) groups excluding carboxylic acids is 2. The molecule has 1 fully saturated rings. The normalized spacial score (nSPS) is 20.0. The van der Waals surface area contributed by atoms with Gasteiger partial charge >= 0.3 is 5.97 Å². The molecule has 1 aromatic heterocycles. The third kappa shape index (κ3) is 3.88. The van der Waals surface area contributed by atoms with Crippen molar-refractivity contribution in [3.05, 3.63) is 76.8 Å². The lowest BCUT2D eigenvalue weighted by Gasteiger charge is -2.13. The van der Waals surface area contributed by atoms with Gasteiger partial charge in [0.05, 0.1) is 24.8 Å². The lowest BCUT2D eigenvalue weighted by atomic mass is 9.95. The average Bonchev–Trinajstić information content (AvgIpc) is 3.48. The van der Waals surface area contributed by atoms with Gasteiger partial charge in [-0.1, -0.05) is 25.1 Å². The molecule has 3 aromatic rings. The van der Waals surface area contributed by atoms with E-state index in [4.69, 9.17) is 13.9 Å². The van der Waals surface area contributed by atoms with Gasteiger partial charge in [0, 0.05) is 30.0 Å². The molecule has 186 valence electrons. The molecule has 1 heterocycles. The predicted molar refractivity (Wildman–Crippen MR) is 135 cm³/mol. The lowest BCUT2D eigenvalue weighted by molar-refractivity contribution is 0.0599. The minimum absolute atomic E-state index is 0.0333. The molecule has 5 rings (SSSR count). The maximum absolute atomic E-state index is 13.8. The van der Waals surface area contributed by atoms with E-state index in [0.717, 1.165) is 16.7 Å². The molecular formula is C29H28FNO5. The number of furan rings is 1. The average molecular weight is 490 g/mol. The van der Waals surface area contributed by atoms with Gasteiger partial charge in [-0.05, 0) is 60.6 Å². The molecule has 2 aromatic carbocycles. The lowest BCUT2D eigenvalue weighted by Crippen LogP contribution is -2.18. The van der Waals surface area contributed by atoms with Gasteiger partial charge in [0.25, 0.3) is 5.91 Å². The maximum atomic E-state index is 13.8. The molecule has 6 nitrogen and oxygen atoms in total. The predicted octanol–water partition coefficient (Wildman–Crippen LogP) is 5.96. The van der Waals surface area contributed by atoms with E-state index < -0.39 is 5.97 Å². The Kier molecular flexibility index (Phi) is 6.16. The molecule has 1 saturated carbocycles. The summed E-state index contributed by atoms with van der Waals surface area (Å²) < 4.78 is 31.1. The topological polar surface area (TPSA) is 77.8 Å². The quantitative estimate of drug-likeness (QED) is 0.415. The molecule has 0 bridgehead atoms. The zero-order valence-electron chi connectivity index (χ0n) is 20.7. The van der Waals surface area contributed by atoms with E-state index in [9.17, 15) is 14.0 Å². The first-order valence-corrected chi connectivity index (χ1v) is 12.1. The first-order chi connectivity index (χ1) is 17.4. The minimum atomic E-state index is -0.408. The van der Waals surface area contributed by atoms with Crippen LogP contribution < -0.4 is 10.1 Å². The summed E-state index contributed by atoms with van der Waals surface area (Å²) in [6.45, 7) is 4.29. The first kappa shape index (κ1) is 23.9. The third-order valence-electron chi connectivity index (χ3n) is 7.04. The number of nitrogens with one attached hydrogen (secondary N) is 1. The van der Waals surface area contributed by atoms with Crippen molar-refractivity contribution >= 4 is 22.8 Å². The number of aryl methyl sites for hydroxylation is 1. The van der Waals surface area contributed by atoms with Crippen LogP contribution in [0.4, 0.5) is 4.39 Å². The molecule has 2 aliphatic rings. The van der Waals surface area contributed by atoms with Crippen LogP contribution in [-0.2, 0) is 11.2 Å². The second-order valence-electron chi connectivity index (χ2n) is 9.01.